The molecule has 3 aromatic carbocycles. The van der Waals surface area contributed by atoms with Crippen LogP contribution in [0.4, 0.5) is 18.9 Å². The van der Waals surface area contributed by atoms with E-state index < -0.39 is 56.9 Å². The third-order valence-corrected chi connectivity index (χ3v) is 9.32. The van der Waals surface area contributed by atoms with E-state index in [1.165, 1.54) is 24.0 Å². The van der Waals surface area contributed by atoms with Crippen molar-refractivity contribution in [1.29, 1.82) is 0 Å². The second kappa shape index (κ2) is 13.8. The highest BCUT2D eigenvalue weighted by Gasteiger charge is 2.37. The molecule has 0 aliphatic carbocycles. The average molecular weight is 638 g/mol. The monoisotopic (exact) mass is 637 g/mol. The van der Waals surface area contributed by atoms with Crippen LogP contribution in [0.25, 0.3) is 0 Å². The van der Waals surface area contributed by atoms with E-state index in [2.05, 4.69) is 5.32 Å². The molecule has 0 unspecified atom stereocenters. The van der Waals surface area contributed by atoms with Crippen LogP contribution in [-0.4, -0.2) is 43.8 Å². The molecule has 0 heterocycles. The average Bonchev–Trinajstić information content (AvgIpc) is 2.94. The molecular weight excluding hydrogens is 603 g/mol. The molecule has 0 spiro atoms. The molecule has 3 aromatic rings. The topological polar surface area (TPSA) is 86.8 Å². The summed E-state index contributed by atoms with van der Waals surface area (Å²) in [5.41, 5.74) is 0.668. The predicted octanol–water partition coefficient (Wildman–Crippen LogP) is 6.50. The number of alkyl halides is 3. The van der Waals surface area contributed by atoms with Crippen molar-refractivity contribution in [2.24, 2.45) is 0 Å². The standard InChI is InChI=1S/C31H35ClF3N3O4S/c1-6-22(4)36-30(40)23(5)37(18-24-10-8-7-9-21(24)3)29(39)19-38(43(41,42)26-14-11-20(2)12-15-26)25-13-16-28(32)27(17-25)31(33,34)35/h7-17,22-23H,6,18-19H2,1-5H3,(H,36,40)/t22-,23+/m0/s1. The first kappa shape index (κ1) is 33.9. The highest BCUT2D eigenvalue weighted by molar-refractivity contribution is 7.92. The molecule has 0 bridgehead atoms. The Labute approximate surface area is 255 Å². The van der Waals surface area contributed by atoms with E-state index in [1.807, 2.05) is 32.9 Å². The number of halogens is 4. The van der Waals surface area contributed by atoms with Crippen LogP contribution < -0.4 is 9.62 Å². The van der Waals surface area contributed by atoms with Gasteiger partial charge in [-0.1, -0.05) is 60.5 Å². The summed E-state index contributed by atoms with van der Waals surface area (Å²) in [6.45, 7) is 7.91. The molecule has 2 atom stereocenters. The van der Waals surface area contributed by atoms with Crippen molar-refractivity contribution in [2.45, 2.75) is 70.7 Å². The zero-order chi connectivity index (χ0) is 32.1. The summed E-state index contributed by atoms with van der Waals surface area (Å²) < 4.78 is 69.8. The molecule has 0 saturated carbocycles. The summed E-state index contributed by atoms with van der Waals surface area (Å²) in [4.78, 5) is 28.2. The first-order valence-corrected chi connectivity index (χ1v) is 15.5. The van der Waals surface area contributed by atoms with Gasteiger partial charge in [0.15, 0.2) is 0 Å². The van der Waals surface area contributed by atoms with Gasteiger partial charge in [0, 0.05) is 12.6 Å². The zero-order valence-electron chi connectivity index (χ0n) is 24.6. The fraction of sp³-hybridized carbons (Fsp3) is 0.355. The third-order valence-electron chi connectivity index (χ3n) is 7.20. The molecule has 0 radical (unpaired) electrons. The number of rotatable bonds is 11. The minimum absolute atomic E-state index is 0.0343. The Morgan fingerprint density at radius 3 is 2.19 bits per heavy atom. The second-order valence-corrected chi connectivity index (χ2v) is 12.7. The number of nitrogens with zero attached hydrogens (tertiary/aromatic N) is 2. The number of hydrogen-bond acceptors (Lipinski definition) is 4. The van der Waals surface area contributed by atoms with E-state index in [0.29, 0.717) is 16.8 Å². The lowest BCUT2D eigenvalue weighted by Gasteiger charge is -2.33. The Morgan fingerprint density at radius 1 is 0.977 bits per heavy atom. The van der Waals surface area contributed by atoms with Crippen LogP contribution in [0.3, 0.4) is 0 Å². The van der Waals surface area contributed by atoms with E-state index in [4.69, 9.17) is 11.6 Å². The van der Waals surface area contributed by atoms with Crippen molar-refractivity contribution >= 4 is 39.1 Å². The smallest absolute Gasteiger partial charge is 0.352 e. The number of aryl methyl sites for hydroxylation is 2. The lowest BCUT2D eigenvalue weighted by molar-refractivity contribution is -0.139. The van der Waals surface area contributed by atoms with Crippen LogP contribution in [0.15, 0.2) is 71.6 Å². The maximum Gasteiger partial charge on any atom is 0.417 e. The van der Waals surface area contributed by atoms with E-state index in [0.717, 1.165) is 28.8 Å². The molecule has 7 nitrogen and oxygen atoms in total. The van der Waals surface area contributed by atoms with Gasteiger partial charge >= 0.3 is 6.18 Å². The van der Waals surface area contributed by atoms with Crippen LogP contribution in [0.5, 0.6) is 0 Å². The van der Waals surface area contributed by atoms with Crippen LogP contribution >= 0.6 is 11.6 Å². The van der Waals surface area contributed by atoms with Crippen LogP contribution in [-0.2, 0) is 32.3 Å². The van der Waals surface area contributed by atoms with Gasteiger partial charge in [-0.25, -0.2) is 8.42 Å². The molecule has 2 amide bonds. The Bertz CT molecular complexity index is 1560. The molecule has 12 heteroatoms. The van der Waals surface area contributed by atoms with Gasteiger partial charge in [-0.15, -0.1) is 0 Å². The summed E-state index contributed by atoms with van der Waals surface area (Å²) in [5, 5.41) is 2.22. The third kappa shape index (κ3) is 8.29. The first-order valence-electron chi connectivity index (χ1n) is 13.7. The fourth-order valence-corrected chi connectivity index (χ4v) is 5.90. The van der Waals surface area contributed by atoms with E-state index in [-0.39, 0.29) is 17.5 Å². The maximum atomic E-state index is 14.0. The number of carbonyl (C=O) groups is 2. The Morgan fingerprint density at radius 2 is 1.60 bits per heavy atom. The predicted molar refractivity (Wildman–Crippen MR) is 161 cm³/mol. The van der Waals surface area contributed by atoms with Gasteiger partial charge in [-0.3, -0.25) is 13.9 Å². The minimum atomic E-state index is -4.88. The van der Waals surface area contributed by atoms with Crippen LogP contribution in [0.2, 0.25) is 5.02 Å². The van der Waals surface area contributed by atoms with Crippen molar-refractivity contribution < 1.29 is 31.2 Å². The Hall–Kier alpha value is -3.57. The van der Waals surface area contributed by atoms with Crippen molar-refractivity contribution in [3.05, 3.63) is 94.0 Å². The summed E-state index contributed by atoms with van der Waals surface area (Å²) in [6, 6.07) is 14.4. The van der Waals surface area contributed by atoms with Gasteiger partial charge in [0.25, 0.3) is 10.0 Å². The van der Waals surface area contributed by atoms with E-state index >= 15 is 0 Å². The van der Waals surface area contributed by atoms with E-state index in [1.54, 1.807) is 31.2 Å². The zero-order valence-corrected chi connectivity index (χ0v) is 26.1. The molecule has 0 aliphatic rings. The summed E-state index contributed by atoms with van der Waals surface area (Å²) >= 11 is 5.82. The largest absolute Gasteiger partial charge is 0.417 e. The van der Waals surface area contributed by atoms with Crippen molar-refractivity contribution in [2.75, 3.05) is 10.8 Å². The molecule has 1 N–H and O–H groups in total. The SMILES string of the molecule is CC[C@H](C)NC(=O)[C@@H](C)N(Cc1ccccc1C)C(=O)CN(c1ccc(Cl)c(C(F)(F)F)c1)S(=O)(=O)c1ccc(C)cc1. The molecule has 0 aliphatic heterocycles. The maximum absolute atomic E-state index is 14.0. The molecule has 0 saturated heterocycles. The highest BCUT2D eigenvalue weighted by atomic mass is 35.5. The quantitative estimate of drug-likeness (QED) is 0.260. The number of sulfonamides is 1. The van der Waals surface area contributed by atoms with Crippen LogP contribution in [0, 0.1) is 13.8 Å². The number of amides is 2. The fourth-order valence-electron chi connectivity index (χ4n) is 4.27. The first-order chi connectivity index (χ1) is 20.1. The second-order valence-electron chi connectivity index (χ2n) is 10.4. The van der Waals surface area contributed by atoms with Gasteiger partial charge < -0.3 is 10.2 Å². The number of nitrogens with one attached hydrogen (secondary N) is 1. The number of anilines is 1. The highest BCUT2D eigenvalue weighted by Crippen LogP contribution is 2.38. The molecular formula is C31H35ClF3N3O4S. The van der Waals surface area contributed by atoms with Gasteiger partial charge in [-0.2, -0.15) is 13.2 Å². The molecule has 232 valence electrons. The summed E-state index contributed by atoms with van der Waals surface area (Å²) in [5.74, 6) is -1.23. The Kier molecular flexibility index (Phi) is 10.9. The Balaban J connectivity index is 2.13. The van der Waals surface area contributed by atoms with Crippen molar-refractivity contribution in [1.82, 2.24) is 10.2 Å². The van der Waals surface area contributed by atoms with Gasteiger partial charge in [0.05, 0.1) is 21.2 Å². The lowest BCUT2D eigenvalue weighted by atomic mass is 10.1. The molecule has 0 aromatic heterocycles. The molecule has 3 rings (SSSR count). The van der Waals surface area contributed by atoms with Crippen LogP contribution in [0.1, 0.15) is 49.4 Å². The summed E-state index contributed by atoms with van der Waals surface area (Å²) in [7, 11) is -4.55. The van der Waals surface area contributed by atoms with Gasteiger partial charge in [0.2, 0.25) is 11.8 Å². The van der Waals surface area contributed by atoms with Crippen molar-refractivity contribution in [3.63, 3.8) is 0 Å². The number of hydrogen-bond donors (Lipinski definition) is 1. The molecule has 0 fully saturated rings. The number of carbonyl (C=O) groups excluding carboxylic acids is 2. The number of benzene rings is 3. The van der Waals surface area contributed by atoms with E-state index in [9.17, 15) is 31.2 Å². The molecule has 43 heavy (non-hydrogen) atoms. The normalized spacial score (nSPS) is 13.2. The minimum Gasteiger partial charge on any atom is -0.352 e. The van der Waals surface area contributed by atoms with Gasteiger partial charge in [0.1, 0.15) is 12.6 Å². The van der Waals surface area contributed by atoms with Crippen molar-refractivity contribution in [3.8, 4) is 0 Å². The summed E-state index contributed by atoms with van der Waals surface area (Å²) in [6.07, 6.45) is -4.24. The van der Waals surface area contributed by atoms with Gasteiger partial charge in [-0.05, 0) is 75.6 Å². The lowest BCUT2D eigenvalue weighted by Crippen LogP contribution is -2.52.